The summed E-state index contributed by atoms with van der Waals surface area (Å²) in [5, 5.41) is 9.42. The molecule has 0 bridgehead atoms. The number of hydrogen-bond acceptors (Lipinski definition) is 3. The quantitative estimate of drug-likeness (QED) is 0.826. The molecule has 1 unspecified atom stereocenters. The summed E-state index contributed by atoms with van der Waals surface area (Å²) in [6.07, 6.45) is 12.8. The van der Waals surface area contributed by atoms with Crippen molar-refractivity contribution in [3.8, 4) is 0 Å². The Morgan fingerprint density at radius 2 is 1.52 bits per heavy atom. The molecule has 142 valence electrons. The summed E-state index contributed by atoms with van der Waals surface area (Å²) in [5.74, 6) is -0.493. The summed E-state index contributed by atoms with van der Waals surface area (Å²) in [5.41, 5.74) is -0.694. The van der Waals surface area contributed by atoms with E-state index < -0.39 is 11.4 Å². The molecule has 0 aromatic rings. The van der Waals surface area contributed by atoms with Crippen LogP contribution in [0.2, 0.25) is 0 Å². The van der Waals surface area contributed by atoms with Crippen LogP contribution in [-0.4, -0.2) is 58.5 Å². The van der Waals surface area contributed by atoms with Crippen molar-refractivity contribution in [1.29, 1.82) is 0 Å². The van der Waals surface area contributed by atoms with Gasteiger partial charge >= 0.3 is 5.97 Å². The molecular formula is C20H34N2O3. The van der Waals surface area contributed by atoms with Gasteiger partial charge in [-0.2, -0.15) is 0 Å². The number of hydrogen-bond donors (Lipinski definition) is 1. The summed E-state index contributed by atoms with van der Waals surface area (Å²) in [4.78, 5) is 29.0. The zero-order valence-corrected chi connectivity index (χ0v) is 15.7. The molecule has 25 heavy (non-hydrogen) atoms. The van der Waals surface area contributed by atoms with Crippen molar-refractivity contribution in [2.45, 2.75) is 89.6 Å². The second kappa shape index (κ2) is 8.07. The van der Waals surface area contributed by atoms with Gasteiger partial charge in [-0.05, 0) is 45.6 Å². The lowest BCUT2D eigenvalue weighted by Gasteiger charge is -2.42. The van der Waals surface area contributed by atoms with E-state index in [4.69, 9.17) is 0 Å². The largest absolute Gasteiger partial charge is 0.481 e. The van der Waals surface area contributed by atoms with Crippen molar-refractivity contribution in [2.24, 2.45) is 5.41 Å². The van der Waals surface area contributed by atoms with E-state index in [9.17, 15) is 14.7 Å². The van der Waals surface area contributed by atoms with Gasteiger partial charge in [0.25, 0.3) is 0 Å². The summed E-state index contributed by atoms with van der Waals surface area (Å²) < 4.78 is 0. The Bertz CT molecular complexity index is 465. The molecule has 0 spiro atoms. The van der Waals surface area contributed by atoms with Crippen LogP contribution in [0.3, 0.4) is 0 Å². The van der Waals surface area contributed by atoms with Gasteiger partial charge in [-0.1, -0.05) is 38.5 Å². The Morgan fingerprint density at radius 1 is 1.00 bits per heavy atom. The highest BCUT2D eigenvalue weighted by molar-refractivity contribution is 5.80. The second-order valence-electron chi connectivity index (χ2n) is 8.71. The fraction of sp³-hybridized carbons (Fsp3) is 0.900. The highest BCUT2D eigenvalue weighted by Gasteiger charge is 2.42. The van der Waals surface area contributed by atoms with Crippen LogP contribution in [0.15, 0.2) is 0 Å². The van der Waals surface area contributed by atoms with Crippen molar-refractivity contribution in [1.82, 2.24) is 9.80 Å². The summed E-state index contributed by atoms with van der Waals surface area (Å²) in [6.45, 7) is 3.42. The van der Waals surface area contributed by atoms with Gasteiger partial charge < -0.3 is 10.0 Å². The van der Waals surface area contributed by atoms with E-state index in [0.717, 1.165) is 32.2 Å². The van der Waals surface area contributed by atoms with Gasteiger partial charge in [0.2, 0.25) is 5.91 Å². The molecule has 3 fully saturated rings. The minimum absolute atomic E-state index is 0.244. The van der Waals surface area contributed by atoms with E-state index in [2.05, 4.69) is 9.80 Å². The van der Waals surface area contributed by atoms with Crippen LogP contribution in [0, 0.1) is 5.41 Å². The molecule has 1 heterocycles. The molecule has 0 aromatic heterocycles. The van der Waals surface area contributed by atoms with Gasteiger partial charge in [0, 0.05) is 18.6 Å². The Labute approximate surface area is 151 Å². The summed E-state index contributed by atoms with van der Waals surface area (Å²) in [7, 11) is 0. The number of carbonyl (C=O) groups is 2. The number of likely N-dealkylation sites (tertiary alicyclic amines) is 1. The van der Waals surface area contributed by atoms with E-state index in [1.807, 2.05) is 0 Å². The molecule has 3 aliphatic rings. The predicted octanol–water partition coefficient (Wildman–Crippen LogP) is 3.28. The van der Waals surface area contributed by atoms with Crippen molar-refractivity contribution in [2.75, 3.05) is 19.6 Å². The van der Waals surface area contributed by atoms with E-state index >= 15 is 0 Å². The van der Waals surface area contributed by atoms with Crippen molar-refractivity contribution in [3.63, 3.8) is 0 Å². The monoisotopic (exact) mass is 350 g/mol. The maximum Gasteiger partial charge on any atom is 0.310 e. The van der Waals surface area contributed by atoms with Crippen molar-refractivity contribution >= 4 is 11.9 Å². The number of aliphatic carboxylic acids is 1. The first-order valence-corrected chi connectivity index (χ1v) is 10.3. The Balaban J connectivity index is 1.65. The zero-order chi connectivity index (χ0) is 17.9. The van der Waals surface area contributed by atoms with Gasteiger partial charge in [0.1, 0.15) is 0 Å². The average Bonchev–Trinajstić information content (AvgIpc) is 2.99. The molecular weight excluding hydrogens is 316 g/mol. The zero-order valence-electron chi connectivity index (χ0n) is 15.7. The van der Waals surface area contributed by atoms with Crippen molar-refractivity contribution < 1.29 is 14.7 Å². The Kier molecular flexibility index (Phi) is 6.03. The lowest BCUT2D eigenvalue weighted by Crippen LogP contribution is -2.52. The molecule has 5 nitrogen and oxygen atoms in total. The third kappa shape index (κ3) is 4.36. The Morgan fingerprint density at radius 3 is 1.96 bits per heavy atom. The molecule has 2 aliphatic carbocycles. The molecule has 5 heteroatoms. The second-order valence-corrected chi connectivity index (χ2v) is 8.71. The number of carboxylic acids is 1. The number of nitrogens with zero attached hydrogens (tertiary/aromatic N) is 2. The topological polar surface area (TPSA) is 60.9 Å². The van der Waals surface area contributed by atoms with Crippen LogP contribution in [0.4, 0.5) is 0 Å². The molecule has 1 aliphatic heterocycles. The molecule has 1 saturated heterocycles. The molecule has 1 atom stereocenters. The number of rotatable bonds is 5. The third-order valence-electron chi connectivity index (χ3n) is 6.65. The summed E-state index contributed by atoms with van der Waals surface area (Å²) in [6, 6.07) is 0.829. The summed E-state index contributed by atoms with van der Waals surface area (Å²) >= 11 is 0. The van der Waals surface area contributed by atoms with Crippen LogP contribution >= 0.6 is 0 Å². The maximum atomic E-state index is 13.2. The molecule has 1 N–H and O–H groups in total. The molecule has 2 saturated carbocycles. The predicted molar refractivity (Wildman–Crippen MR) is 97.4 cm³/mol. The lowest BCUT2D eigenvalue weighted by atomic mass is 9.88. The number of carboxylic acid groups (broad SMARTS) is 1. The standard InChI is InChI=1S/C20H34N2O3/c1-20(19(24)25)12-13-21(15-20)14-18(23)22(16-8-4-2-5-9-16)17-10-6-3-7-11-17/h16-17H,2-15H2,1H3,(H,24,25). The van der Waals surface area contributed by atoms with E-state index in [-0.39, 0.29) is 5.91 Å². The van der Waals surface area contributed by atoms with Gasteiger partial charge in [-0.3, -0.25) is 14.5 Å². The fourth-order valence-corrected chi connectivity index (χ4v) is 5.06. The van der Waals surface area contributed by atoms with Crippen LogP contribution in [0.5, 0.6) is 0 Å². The first-order chi connectivity index (χ1) is 12.0. The first-order valence-electron chi connectivity index (χ1n) is 10.3. The van der Waals surface area contributed by atoms with Gasteiger partial charge in [0.05, 0.1) is 12.0 Å². The third-order valence-corrected chi connectivity index (χ3v) is 6.65. The average molecular weight is 351 g/mol. The highest BCUT2D eigenvalue weighted by Crippen LogP contribution is 2.32. The number of amides is 1. The Hall–Kier alpha value is -1.10. The SMILES string of the molecule is CC1(C(=O)O)CCN(CC(=O)N(C2CCCCC2)C2CCCCC2)C1. The van der Waals surface area contributed by atoms with Crippen LogP contribution < -0.4 is 0 Å². The van der Waals surface area contributed by atoms with Crippen molar-refractivity contribution in [3.05, 3.63) is 0 Å². The smallest absolute Gasteiger partial charge is 0.310 e. The normalized spacial score (nSPS) is 29.6. The van der Waals surface area contributed by atoms with Crippen LogP contribution in [0.25, 0.3) is 0 Å². The van der Waals surface area contributed by atoms with E-state index in [1.165, 1.54) is 38.5 Å². The molecule has 0 aromatic carbocycles. The van der Waals surface area contributed by atoms with Crippen LogP contribution in [-0.2, 0) is 9.59 Å². The number of carbonyl (C=O) groups excluding carboxylic acids is 1. The van der Waals surface area contributed by atoms with Gasteiger partial charge in [-0.25, -0.2) is 0 Å². The molecule has 3 rings (SSSR count). The van der Waals surface area contributed by atoms with Gasteiger partial charge in [0.15, 0.2) is 0 Å². The minimum atomic E-state index is -0.737. The maximum absolute atomic E-state index is 13.2. The molecule has 1 amide bonds. The molecule has 0 radical (unpaired) electrons. The lowest BCUT2D eigenvalue weighted by molar-refractivity contribution is -0.148. The van der Waals surface area contributed by atoms with E-state index in [1.54, 1.807) is 6.92 Å². The van der Waals surface area contributed by atoms with Gasteiger partial charge in [-0.15, -0.1) is 0 Å². The highest BCUT2D eigenvalue weighted by atomic mass is 16.4. The minimum Gasteiger partial charge on any atom is -0.481 e. The van der Waals surface area contributed by atoms with E-state index in [0.29, 0.717) is 31.6 Å². The fourth-order valence-electron chi connectivity index (χ4n) is 5.06. The van der Waals surface area contributed by atoms with Crippen LogP contribution in [0.1, 0.15) is 77.6 Å². The first kappa shape index (κ1) is 18.7.